The molecule has 0 spiro atoms. The van der Waals surface area contributed by atoms with Gasteiger partial charge in [0, 0.05) is 19.5 Å². The number of Topliss-reactive ketones (excluding diaryl/α,β-unsaturated/α-hetero) is 1. The molecule has 0 atom stereocenters. The highest BCUT2D eigenvalue weighted by atomic mass is 16.2. The van der Waals surface area contributed by atoms with Crippen LogP contribution in [-0.2, 0) is 9.59 Å². The Morgan fingerprint density at radius 3 is 1.81 bits per heavy atom. The predicted octanol–water partition coefficient (Wildman–Crippen LogP) is 2.78. The topological polar surface area (TPSA) is 37.4 Å². The van der Waals surface area contributed by atoms with Gasteiger partial charge in [-0.15, -0.1) is 0 Å². The van der Waals surface area contributed by atoms with Gasteiger partial charge in [-0.1, -0.05) is 33.6 Å². The number of carbonyl (C=O) groups is 2. The molecule has 16 heavy (non-hydrogen) atoms. The molecule has 0 aliphatic heterocycles. The maximum Gasteiger partial charge on any atom is 0.230 e. The van der Waals surface area contributed by atoms with Gasteiger partial charge in [-0.05, 0) is 12.8 Å². The summed E-state index contributed by atoms with van der Waals surface area (Å²) in [5, 5.41) is 0. The lowest BCUT2D eigenvalue weighted by molar-refractivity contribution is -0.135. The molecule has 0 aliphatic carbocycles. The molecule has 1 amide bonds. The molecule has 0 aromatic rings. The number of amides is 1. The SMILES string of the molecule is CCCCN(CCCC)C(=O)CC(=O)CC. The van der Waals surface area contributed by atoms with Crippen LogP contribution in [0, 0.1) is 0 Å². The van der Waals surface area contributed by atoms with Crippen molar-refractivity contribution in [2.45, 2.75) is 59.3 Å². The highest BCUT2D eigenvalue weighted by molar-refractivity contribution is 5.97. The molecule has 0 rings (SSSR count). The van der Waals surface area contributed by atoms with Gasteiger partial charge in [-0.2, -0.15) is 0 Å². The number of hydrogen-bond acceptors (Lipinski definition) is 2. The molecular formula is C13H25NO2. The number of hydrogen-bond donors (Lipinski definition) is 0. The smallest absolute Gasteiger partial charge is 0.230 e. The summed E-state index contributed by atoms with van der Waals surface area (Å²) in [5.41, 5.74) is 0. The highest BCUT2D eigenvalue weighted by Gasteiger charge is 2.15. The average Bonchev–Trinajstić information content (AvgIpc) is 2.28. The van der Waals surface area contributed by atoms with E-state index in [1.165, 1.54) is 0 Å². The summed E-state index contributed by atoms with van der Waals surface area (Å²) in [6, 6.07) is 0. The lowest BCUT2D eigenvalue weighted by atomic mass is 10.2. The first-order chi connectivity index (χ1) is 7.65. The summed E-state index contributed by atoms with van der Waals surface area (Å²) in [6.07, 6.45) is 4.76. The van der Waals surface area contributed by atoms with Crippen molar-refractivity contribution < 1.29 is 9.59 Å². The van der Waals surface area contributed by atoms with Crippen LogP contribution in [0.1, 0.15) is 59.3 Å². The number of unbranched alkanes of at least 4 members (excludes halogenated alkanes) is 2. The van der Waals surface area contributed by atoms with Crippen molar-refractivity contribution in [1.82, 2.24) is 4.90 Å². The normalized spacial score (nSPS) is 10.2. The van der Waals surface area contributed by atoms with Crippen LogP contribution in [0.15, 0.2) is 0 Å². The first-order valence-electron chi connectivity index (χ1n) is 6.45. The Kier molecular flexibility index (Phi) is 8.87. The third-order valence-electron chi connectivity index (χ3n) is 2.66. The lowest BCUT2D eigenvalue weighted by Crippen LogP contribution is -2.34. The Balaban J connectivity index is 4.13. The van der Waals surface area contributed by atoms with Crippen LogP contribution in [0.4, 0.5) is 0 Å². The summed E-state index contributed by atoms with van der Waals surface area (Å²) in [5.74, 6) is 0.0525. The first-order valence-corrected chi connectivity index (χ1v) is 6.45. The second kappa shape index (κ2) is 9.37. The van der Waals surface area contributed by atoms with Crippen molar-refractivity contribution in [3.8, 4) is 0 Å². The minimum Gasteiger partial charge on any atom is -0.342 e. The van der Waals surface area contributed by atoms with E-state index in [9.17, 15) is 9.59 Å². The zero-order chi connectivity index (χ0) is 12.4. The van der Waals surface area contributed by atoms with Crippen molar-refractivity contribution in [3.63, 3.8) is 0 Å². The Labute approximate surface area is 99.2 Å². The average molecular weight is 227 g/mol. The molecule has 0 bridgehead atoms. The lowest BCUT2D eigenvalue weighted by Gasteiger charge is -2.22. The molecule has 0 aromatic carbocycles. The standard InChI is InChI=1S/C13H25NO2/c1-4-7-9-14(10-8-5-2)13(16)11-12(15)6-3/h4-11H2,1-3H3. The van der Waals surface area contributed by atoms with Crippen molar-refractivity contribution in [1.29, 1.82) is 0 Å². The zero-order valence-corrected chi connectivity index (χ0v) is 10.9. The highest BCUT2D eigenvalue weighted by Crippen LogP contribution is 2.03. The fraction of sp³-hybridized carbons (Fsp3) is 0.846. The van der Waals surface area contributed by atoms with Crippen molar-refractivity contribution in [2.75, 3.05) is 13.1 Å². The largest absolute Gasteiger partial charge is 0.342 e. The molecule has 3 heteroatoms. The Bertz CT molecular complexity index is 206. The van der Waals surface area contributed by atoms with E-state index in [2.05, 4.69) is 13.8 Å². The van der Waals surface area contributed by atoms with Gasteiger partial charge in [-0.25, -0.2) is 0 Å². The molecule has 94 valence electrons. The minimum absolute atomic E-state index is 0.00810. The fourth-order valence-corrected chi connectivity index (χ4v) is 1.46. The van der Waals surface area contributed by atoms with Crippen LogP contribution in [-0.4, -0.2) is 29.7 Å². The van der Waals surface area contributed by atoms with Gasteiger partial charge >= 0.3 is 0 Å². The van der Waals surface area contributed by atoms with Crippen molar-refractivity contribution in [2.24, 2.45) is 0 Å². The van der Waals surface area contributed by atoms with Gasteiger partial charge in [0.15, 0.2) is 0 Å². The van der Waals surface area contributed by atoms with E-state index in [-0.39, 0.29) is 18.1 Å². The summed E-state index contributed by atoms with van der Waals surface area (Å²) in [4.78, 5) is 24.9. The molecule has 0 saturated carbocycles. The van der Waals surface area contributed by atoms with Crippen molar-refractivity contribution in [3.05, 3.63) is 0 Å². The van der Waals surface area contributed by atoms with E-state index in [0.717, 1.165) is 38.8 Å². The second-order valence-corrected chi connectivity index (χ2v) is 4.16. The van der Waals surface area contributed by atoms with Gasteiger partial charge in [-0.3, -0.25) is 9.59 Å². The van der Waals surface area contributed by atoms with E-state index >= 15 is 0 Å². The van der Waals surface area contributed by atoms with E-state index in [4.69, 9.17) is 0 Å². The van der Waals surface area contributed by atoms with Crippen LogP contribution < -0.4 is 0 Å². The number of rotatable bonds is 9. The van der Waals surface area contributed by atoms with E-state index < -0.39 is 0 Å². The van der Waals surface area contributed by atoms with Gasteiger partial charge in [0.25, 0.3) is 0 Å². The molecule has 3 nitrogen and oxygen atoms in total. The molecule has 0 radical (unpaired) electrons. The Morgan fingerprint density at radius 1 is 0.938 bits per heavy atom. The van der Waals surface area contributed by atoms with E-state index in [0.29, 0.717) is 6.42 Å². The molecule has 0 aliphatic rings. The monoisotopic (exact) mass is 227 g/mol. The van der Waals surface area contributed by atoms with Gasteiger partial charge < -0.3 is 4.90 Å². The van der Waals surface area contributed by atoms with Crippen molar-refractivity contribution >= 4 is 11.7 Å². The zero-order valence-electron chi connectivity index (χ0n) is 10.9. The van der Waals surface area contributed by atoms with Gasteiger partial charge in [0.2, 0.25) is 5.91 Å². The minimum atomic E-state index is 0.00810. The predicted molar refractivity (Wildman–Crippen MR) is 66.3 cm³/mol. The summed E-state index contributed by atoms with van der Waals surface area (Å²) < 4.78 is 0. The molecule has 0 saturated heterocycles. The summed E-state index contributed by atoms with van der Waals surface area (Å²) >= 11 is 0. The summed E-state index contributed by atoms with van der Waals surface area (Å²) in [6.45, 7) is 7.62. The van der Waals surface area contributed by atoms with E-state index in [1.807, 2.05) is 4.90 Å². The number of nitrogens with zero attached hydrogens (tertiary/aromatic N) is 1. The van der Waals surface area contributed by atoms with Crippen LogP contribution in [0.5, 0.6) is 0 Å². The molecule has 0 unspecified atom stereocenters. The number of carbonyl (C=O) groups excluding carboxylic acids is 2. The maximum absolute atomic E-state index is 11.8. The van der Waals surface area contributed by atoms with Crippen LogP contribution in [0.2, 0.25) is 0 Å². The van der Waals surface area contributed by atoms with Crippen LogP contribution in [0.3, 0.4) is 0 Å². The van der Waals surface area contributed by atoms with E-state index in [1.54, 1.807) is 6.92 Å². The number of ketones is 1. The van der Waals surface area contributed by atoms with Crippen LogP contribution >= 0.6 is 0 Å². The molecule has 0 aromatic heterocycles. The van der Waals surface area contributed by atoms with Gasteiger partial charge in [0.05, 0.1) is 6.42 Å². The Hall–Kier alpha value is -0.860. The first kappa shape index (κ1) is 15.1. The third-order valence-corrected chi connectivity index (χ3v) is 2.66. The molecule has 0 fully saturated rings. The molecule has 0 N–H and O–H groups in total. The van der Waals surface area contributed by atoms with Gasteiger partial charge in [0.1, 0.15) is 5.78 Å². The summed E-state index contributed by atoms with van der Waals surface area (Å²) in [7, 11) is 0. The third kappa shape index (κ3) is 6.59. The fourth-order valence-electron chi connectivity index (χ4n) is 1.46. The maximum atomic E-state index is 11.8. The second-order valence-electron chi connectivity index (χ2n) is 4.16. The quantitative estimate of drug-likeness (QED) is 0.568. The molecular weight excluding hydrogens is 202 g/mol. The Morgan fingerprint density at radius 2 is 1.44 bits per heavy atom. The van der Waals surface area contributed by atoms with Crippen LogP contribution in [0.25, 0.3) is 0 Å². The molecule has 0 heterocycles.